The highest BCUT2D eigenvalue weighted by atomic mass is 16.5. The van der Waals surface area contributed by atoms with Crippen molar-refractivity contribution < 1.29 is 14.3 Å². The van der Waals surface area contributed by atoms with Gasteiger partial charge in [-0.25, -0.2) is 0 Å². The van der Waals surface area contributed by atoms with E-state index in [1.54, 1.807) is 36.5 Å². The molecule has 0 bridgehead atoms. The summed E-state index contributed by atoms with van der Waals surface area (Å²) in [6.07, 6.45) is 3.38. The SMILES string of the molecule is COc1cc(C=C(C#N)c2ccccn2)ccc1OCC(=O)c1cc(C)c(C)cc1C. The molecule has 0 aliphatic carbocycles. The number of nitrogens with zero attached hydrogens (tertiary/aromatic N) is 2. The number of ether oxygens (including phenoxy) is 2. The number of carbonyl (C=O) groups is 1. The number of ketones is 1. The number of hydrogen-bond donors (Lipinski definition) is 0. The molecule has 5 nitrogen and oxygen atoms in total. The molecule has 0 fully saturated rings. The highest BCUT2D eigenvalue weighted by molar-refractivity contribution is 5.99. The average molecular weight is 412 g/mol. The quantitative estimate of drug-likeness (QED) is 0.387. The van der Waals surface area contributed by atoms with E-state index in [1.807, 2.05) is 45.0 Å². The maximum absolute atomic E-state index is 12.7. The number of aromatic nitrogens is 1. The smallest absolute Gasteiger partial charge is 0.200 e. The van der Waals surface area contributed by atoms with Crippen LogP contribution in [0.1, 0.15) is 38.3 Å². The fourth-order valence-corrected chi connectivity index (χ4v) is 3.23. The number of benzene rings is 2. The van der Waals surface area contributed by atoms with E-state index in [0.29, 0.717) is 28.3 Å². The Morgan fingerprint density at radius 2 is 1.81 bits per heavy atom. The van der Waals surface area contributed by atoms with Gasteiger partial charge in [-0.2, -0.15) is 5.26 Å². The molecular weight excluding hydrogens is 388 g/mol. The van der Waals surface area contributed by atoms with Crippen LogP contribution < -0.4 is 9.47 Å². The van der Waals surface area contributed by atoms with Crippen molar-refractivity contribution in [1.29, 1.82) is 5.26 Å². The van der Waals surface area contributed by atoms with Crippen LogP contribution in [0, 0.1) is 32.1 Å². The van der Waals surface area contributed by atoms with Crippen molar-refractivity contribution in [1.82, 2.24) is 4.98 Å². The van der Waals surface area contributed by atoms with Crippen LogP contribution in [0.5, 0.6) is 11.5 Å². The predicted molar refractivity (Wildman–Crippen MR) is 121 cm³/mol. The van der Waals surface area contributed by atoms with Crippen molar-refractivity contribution in [3.8, 4) is 17.6 Å². The topological polar surface area (TPSA) is 72.2 Å². The molecule has 0 aliphatic rings. The second kappa shape index (κ2) is 9.73. The van der Waals surface area contributed by atoms with E-state index < -0.39 is 0 Å². The van der Waals surface area contributed by atoms with Crippen LogP contribution in [0.4, 0.5) is 0 Å². The molecular formula is C26H24N2O3. The van der Waals surface area contributed by atoms with Crippen LogP contribution in [0.25, 0.3) is 11.6 Å². The Morgan fingerprint density at radius 1 is 1.03 bits per heavy atom. The number of pyridine rings is 1. The van der Waals surface area contributed by atoms with Crippen molar-refractivity contribution >= 4 is 17.4 Å². The molecule has 0 amide bonds. The van der Waals surface area contributed by atoms with Crippen molar-refractivity contribution in [2.45, 2.75) is 20.8 Å². The summed E-state index contributed by atoms with van der Waals surface area (Å²) in [4.78, 5) is 16.9. The standard InChI is InChI=1S/C26H24N2O3/c1-17-11-19(3)22(12-18(17)2)24(29)16-31-25-9-8-20(14-26(25)30-4)13-21(15-27)23-7-5-6-10-28-23/h5-14H,16H2,1-4H3. The van der Waals surface area contributed by atoms with Gasteiger partial charge in [-0.1, -0.05) is 18.2 Å². The number of allylic oxidation sites excluding steroid dienone is 1. The summed E-state index contributed by atoms with van der Waals surface area (Å²) in [6.45, 7) is 5.85. The Labute approximate surface area is 182 Å². The lowest BCUT2D eigenvalue weighted by Gasteiger charge is -2.13. The van der Waals surface area contributed by atoms with Gasteiger partial charge in [0, 0.05) is 11.8 Å². The molecule has 0 radical (unpaired) electrons. The van der Waals surface area contributed by atoms with Gasteiger partial charge in [0.1, 0.15) is 6.07 Å². The van der Waals surface area contributed by atoms with Crippen molar-refractivity contribution in [2.24, 2.45) is 0 Å². The summed E-state index contributed by atoms with van der Waals surface area (Å²) < 4.78 is 11.2. The van der Waals surface area contributed by atoms with E-state index in [2.05, 4.69) is 11.1 Å². The van der Waals surface area contributed by atoms with E-state index in [1.165, 1.54) is 7.11 Å². The monoisotopic (exact) mass is 412 g/mol. The summed E-state index contributed by atoms with van der Waals surface area (Å²) >= 11 is 0. The number of aryl methyl sites for hydroxylation is 3. The predicted octanol–water partition coefficient (Wildman–Crippen LogP) is 5.34. The van der Waals surface area contributed by atoms with Crippen LogP contribution >= 0.6 is 0 Å². The Balaban J connectivity index is 1.79. The summed E-state index contributed by atoms with van der Waals surface area (Å²) in [7, 11) is 1.54. The molecule has 3 rings (SSSR count). The molecule has 0 unspecified atom stereocenters. The van der Waals surface area contributed by atoms with Gasteiger partial charge < -0.3 is 9.47 Å². The second-order valence-corrected chi connectivity index (χ2v) is 7.26. The maximum atomic E-state index is 12.7. The van der Waals surface area contributed by atoms with Crippen LogP contribution in [0.3, 0.4) is 0 Å². The zero-order valence-corrected chi connectivity index (χ0v) is 18.1. The lowest BCUT2D eigenvalue weighted by Crippen LogP contribution is -2.14. The molecule has 156 valence electrons. The third-order valence-corrected chi connectivity index (χ3v) is 5.06. The largest absolute Gasteiger partial charge is 0.493 e. The molecule has 2 aromatic carbocycles. The molecule has 0 atom stereocenters. The summed E-state index contributed by atoms with van der Waals surface area (Å²) in [5.41, 5.74) is 5.63. The summed E-state index contributed by atoms with van der Waals surface area (Å²) in [5.74, 6) is 0.857. The number of methoxy groups -OCH3 is 1. The summed E-state index contributed by atoms with van der Waals surface area (Å²) in [5, 5.41) is 9.48. The summed E-state index contributed by atoms with van der Waals surface area (Å²) in [6, 6.07) is 16.8. The van der Waals surface area contributed by atoms with Gasteiger partial charge in [-0.05, 0) is 79.4 Å². The Hall–Kier alpha value is -3.91. The first kappa shape index (κ1) is 21.8. The Morgan fingerprint density at radius 3 is 2.48 bits per heavy atom. The van der Waals surface area contributed by atoms with E-state index in [4.69, 9.17) is 9.47 Å². The molecule has 1 aromatic heterocycles. The molecule has 0 aliphatic heterocycles. The van der Waals surface area contributed by atoms with Gasteiger partial charge in [-0.3, -0.25) is 9.78 Å². The second-order valence-electron chi connectivity index (χ2n) is 7.26. The zero-order valence-electron chi connectivity index (χ0n) is 18.1. The first-order valence-corrected chi connectivity index (χ1v) is 9.88. The van der Waals surface area contributed by atoms with Crippen molar-refractivity contribution in [2.75, 3.05) is 13.7 Å². The maximum Gasteiger partial charge on any atom is 0.200 e. The molecule has 0 saturated carbocycles. The first-order chi connectivity index (χ1) is 14.9. The fraction of sp³-hybridized carbons (Fsp3) is 0.192. The van der Waals surface area contributed by atoms with E-state index >= 15 is 0 Å². The number of Topliss-reactive ketones (excluding diaryl/α,β-unsaturated/α-hetero) is 1. The number of hydrogen-bond acceptors (Lipinski definition) is 5. The Bertz CT molecular complexity index is 1180. The van der Waals surface area contributed by atoms with Gasteiger partial charge in [0.15, 0.2) is 23.9 Å². The minimum Gasteiger partial charge on any atom is -0.493 e. The van der Waals surface area contributed by atoms with Crippen LogP contribution in [0.2, 0.25) is 0 Å². The first-order valence-electron chi connectivity index (χ1n) is 9.88. The number of rotatable bonds is 7. The van der Waals surface area contributed by atoms with E-state index in [0.717, 1.165) is 22.3 Å². The van der Waals surface area contributed by atoms with Crippen molar-refractivity contribution in [3.63, 3.8) is 0 Å². The number of carbonyl (C=O) groups excluding carboxylic acids is 1. The third kappa shape index (κ3) is 5.18. The molecule has 0 spiro atoms. The molecule has 3 aromatic rings. The Kier molecular flexibility index (Phi) is 6.84. The normalized spacial score (nSPS) is 11.0. The molecule has 1 heterocycles. The van der Waals surface area contributed by atoms with Gasteiger partial charge in [0.25, 0.3) is 0 Å². The van der Waals surface area contributed by atoms with Gasteiger partial charge >= 0.3 is 0 Å². The van der Waals surface area contributed by atoms with E-state index in [9.17, 15) is 10.1 Å². The highest BCUT2D eigenvalue weighted by Crippen LogP contribution is 2.30. The van der Waals surface area contributed by atoms with Gasteiger partial charge in [0.05, 0.1) is 18.4 Å². The molecule has 31 heavy (non-hydrogen) atoms. The van der Waals surface area contributed by atoms with E-state index in [-0.39, 0.29) is 12.4 Å². The third-order valence-electron chi connectivity index (χ3n) is 5.06. The van der Waals surface area contributed by atoms with Gasteiger partial charge in [-0.15, -0.1) is 0 Å². The number of nitriles is 1. The van der Waals surface area contributed by atoms with Crippen LogP contribution in [-0.4, -0.2) is 24.5 Å². The lowest BCUT2D eigenvalue weighted by molar-refractivity contribution is 0.0919. The fourth-order valence-electron chi connectivity index (χ4n) is 3.23. The van der Waals surface area contributed by atoms with Crippen LogP contribution in [0.15, 0.2) is 54.7 Å². The van der Waals surface area contributed by atoms with Gasteiger partial charge in [0.2, 0.25) is 0 Å². The van der Waals surface area contributed by atoms with Crippen molar-refractivity contribution in [3.05, 3.63) is 88.2 Å². The zero-order chi connectivity index (χ0) is 22.4. The lowest BCUT2D eigenvalue weighted by atomic mass is 9.98. The molecule has 0 N–H and O–H groups in total. The minimum atomic E-state index is -0.0910. The molecule has 0 saturated heterocycles. The molecule has 5 heteroatoms. The van der Waals surface area contributed by atoms with Crippen LogP contribution in [-0.2, 0) is 0 Å². The minimum absolute atomic E-state index is 0.0893. The highest BCUT2D eigenvalue weighted by Gasteiger charge is 2.14. The average Bonchev–Trinajstić information content (AvgIpc) is 2.79.